The quantitative estimate of drug-likeness (QED) is 0.886. The van der Waals surface area contributed by atoms with E-state index < -0.39 is 16.1 Å². The van der Waals surface area contributed by atoms with Gasteiger partial charge in [0.15, 0.2) is 6.10 Å². The normalized spacial score (nSPS) is 22.4. The largest absolute Gasteiger partial charge is 0.480 e. The van der Waals surface area contributed by atoms with E-state index >= 15 is 0 Å². The molecular weight excluding hydrogens is 316 g/mol. The van der Waals surface area contributed by atoms with Gasteiger partial charge in [0.05, 0.1) is 5.75 Å². The van der Waals surface area contributed by atoms with Gasteiger partial charge in [0.1, 0.15) is 5.75 Å². The van der Waals surface area contributed by atoms with E-state index in [1.165, 1.54) is 4.31 Å². The predicted octanol–water partition coefficient (Wildman–Crippen LogP) is 0.920. The zero-order valence-electron chi connectivity index (χ0n) is 13.2. The lowest BCUT2D eigenvalue weighted by Crippen LogP contribution is -2.49. The van der Waals surface area contributed by atoms with Gasteiger partial charge in [-0.05, 0) is 31.4 Å². The molecule has 1 amide bonds. The van der Waals surface area contributed by atoms with Gasteiger partial charge >= 0.3 is 0 Å². The highest BCUT2D eigenvalue weighted by Crippen LogP contribution is 2.28. The molecule has 1 N–H and O–H groups in total. The van der Waals surface area contributed by atoms with Crippen LogP contribution >= 0.6 is 0 Å². The van der Waals surface area contributed by atoms with Gasteiger partial charge in [0.2, 0.25) is 10.0 Å². The molecule has 0 spiro atoms. The number of amides is 1. The average molecular weight is 338 g/mol. The number of sulfonamides is 1. The second-order valence-electron chi connectivity index (χ2n) is 6.00. The van der Waals surface area contributed by atoms with Crippen LogP contribution in [-0.2, 0) is 21.2 Å². The number of piperidine rings is 1. The van der Waals surface area contributed by atoms with Gasteiger partial charge in [-0.1, -0.05) is 18.2 Å². The van der Waals surface area contributed by atoms with Crippen molar-refractivity contribution in [2.24, 2.45) is 0 Å². The van der Waals surface area contributed by atoms with Crippen molar-refractivity contribution in [3.63, 3.8) is 0 Å². The van der Waals surface area contributed by atoms with E-state index in [2.05, 4.69) is 5.32 Å². The third kappa shape index (κ3) is 3.50. The highest BCUT2D eigenvalue weighted by molar-refractivity contribution is 7.89. The van der Waals surface area contributed by atoms with Crippen LogP contribution < -0.4 is 10.1 Å². The molecule has 1 saturated heterocycles. The van der Waals surface area contributed by atoms with Gasteiger partial charge in [-0.25, -0.2) is 12.7 Å². The van der Waals surface area contributed by atoms with Crippen LogP contribution in [-0.4, -0.2) is 49.6 Å². The summed E-state index contributed by atoms with van der Waals surface area (Å²) in [6.45, 7) is 2.58. The lowest BCUT2D eigenvalue weighted by Gasteiger charge is -2.31. The summed E-state index contributed by atoms with van der Waals surface area (Å²) in [4.78, 5) is 12.3. The fraction of sp³-hybridized carbons (Fsp3) is 0.562. The van der Waals surface area contributed by atoms with E-state index in [1.807, 2.05) is 24.3 Å². The lowest BCUT2D eigenvalue weighted by molar-refractivity contribution is -0.128. The van der Waals surface area contributed by atoms with Crippen LogP contribution in [0.3, 0.4) is 0 Å². The van der Waals surface area contributed by atoms with Crippen molar-refractivity contribution in [1.29, 1.82) is 0 Å². The first-order chi connectivity index (χ1) is 11.0. The van der Waals surface area contributed by atoms with E-state index in [9.17, 15) is 13.2 Å². The van der Waals surface area contributed by atoms with E-state index in [1.54, 1.807) is 6.92 Å². The molecule has 7 heteroatoms. The number of carbonyl (C=O) groups excluding carboxylic acids is 1. The average Bonchev–Trinajstić information content (AvgIpc) is 2.99. The molecule has 1 fully saturated rings. The minimum absolute atomic E-state index is 0.0121. The number of hydrogen-bond donors (Lipinski definition) is 1. The molecule has 0 aliphatic carbocycles. The number of para-hydroxylation sites is 1. The summed E-state index contributed by atoms with van der Waals surface area (Å²) in [6, 6.07) is 7.68. The minimum atomic E-state index is -3.13. The molecule has 1 atom stereocenters. The fourth-order valence-corrected chi connectivity index (χ4v) is 4.22. The Morgan fingerprint density at radius 3 is 2.65 bits per heavy atom. The third-order valence-electron chi connectivity index (χ3n) is 4.50. The molecule has 6 nitrogen and oxygen atoms in total. The lowest BCUT2D eigenvalue weighted by atomic mass is 10.1. The van der Waals surface area contributed by atoms with Crippen LogP contribution in [0.5, 0.6) is 5.75 Å². The number of fused-ring (bicyclic) bond motifs is 1. The van der Waals surface area contributed by atoms with Gasteiger partial charge < -0.3 is 10.1 Å². The smallest absolute Gasteiger partial charge is 0.261 e. The molecule has 3 rings (SSSR count). The summed E-state index contributed by atoms with van der Waals surface area (Å²) in [5, 5.41) is 3.00. The molecule has 2 aliphatic heterocycles. The van der Waals surface area contributed by atoms with Crippen molar-refractivity contribution in [3.8, 4) is 5.75 Å². The molecule has 2 aliphatic rings. The Bertz CT molecular complexity index is 656. The van der Waals surface area contributed by atoms with Crippen molar-refractivity contribution in [3.05, 3.63) is 29.8 Å². The molecule has 0 saturated carbocycles. The number of carbonyl (C=O) groups is 1. The summed E-state index contributed by atoms with van der Waals surface area (Å²) in [7, 11) is -3.13. The van der Waals surface area contributed by atoms with Crippen molar-refractivity contribution in [2.75, 3.05) is 18.8 Å². The number of rotatable bonds is 4. The van der Waals surface area contributed by atoms with Crippen LogP contribution in [0.4, 0.5) is 0 Å². The van der Waals surface area contributed by atoms with Gasteiger partial charge in [0, 0.05) is 25.6 Å². The Labute approximate surface area is 136 Å². The van der Waals surface area contributed by atoms with Crippen molar-refractivity contribution in [1.82, 2.24) is 9.62 Å². The number of nitrogens with one attached hydrogen (secondary N) is 1. The Morgan fingerprint density at radius 2 is 2.00 bits per heavy atom. The summed E-state index contributed by atoms with van der Waals surface area (Å²) < 4.78 is 30.9. The maximum absolute atomic E-state index is 12.3. The number of benzene rings is 1. The Hall–Kier alpha value is -1.60. The number of hydrogen-bond acceptors (Lipinski definition) is 4. The first-order valence-corrected chi connectivity index (χ1v) is 9.63. The molecule has 1 aromatic rings. The van der Waals surface area contributed by atoms with Gasteiger partial charge in [-0.2, -0.15) is 0 Å². The third-order valence-corrected chi connectivity index (χ3v) is 6.38. The van der Waals surface area contributed by atoms with Gasteiger partial charge in [-0.3, -0.25) is 4.79 Å². The maximum atomic E-state index is 12.3. The first-order valence-electron chi connectivity index (χ1n) is 8.02. The predicted molar refractivity (Wildman–Crippen MR) is 86.8 cm³/mol. The van der Waals surface area contributed by atoms with Crippen LogP contribution in [0.15, 0.2) is 24.3 Å². The Kier molecular flexibility index (Phi) is 4.59. The summed E-state index contributed by atoms with van der Waals surface area (Å²) >= 11 is 0. The van der Waals surface area contributed by atoms with E-state index in [-0.39, 0.29) is 17.7 Å². The molecule has 1 aromatic carbocycles. The molecule has 0 bridgehead atoms. The molecule has 126 valence electrons. The summed E-state index contributed by atoms with van der Waals surface area (Å²) in [5.74, 6) is 0.785. The SMILES string of the molecule is CCS(=O)(=O)N1CCC(NC(=O)[C@@H]2Cc3ccccc3O2)CC1. The maximum Gasteiger partial charge on any atom is 0.261 e. The van der Waals surface area contributed by atoms with Crippen LogP contribution in [0, 0.1) is 0 Å². The molecule has 2 heterocycles. The monoisotopic (exact) mass is 338 g/mol. The van der Waals surface area contributed by atoms with Gasteiger partial charge in [0.25, 0.3) is 5.91 Å². The molecular formula is C16H22N2O4S. The summed E-state index contributed by atoms with van der Waals surface area (Å²) in [6.07, 6.45) is 1.39. The van der Waals surface area contributed by atoms with Crippen molar-refractivity contribution >= 4 is 15.9 Å². The molecule has 0 unspecified atom stereocenters. The van der Waals surface area contributed by atoms with E-state index in [0.29, 0.717) is 32.4 Å². The van der Waals surface area contributed by atoms with Gasteiger partial charge in [-0.15, -0.1) is 0 Å². The van der Waals surface area contributed by atoms with Crippen molar-refractivity contribution in [2.45, 2.75) is 38.3 Å². The first kappa shape index (κ1) is 16.3. The van der Waals surface area contributed by atoms with E-state index in [0.717, 1.165) is 11.3 Å². The van der Waals surface area contributed by atoms with Crippen LogP contribution in [0.1, 0.15) is 25.3 Å². The van der Waals surface area contributed by atoms with Crippen molar-refractivity contribution < 1.29 is 17.9 Å². The second kappa shape index (κ2) is 6.49. The highest BCUT2D eigenvalue weighted by atomic mass is 32.2. The summed E-state index contributed by atoms with van der Waals surface area (Å²) in [5.41, 5.74) is 1.05. The Morgan fingerprint density at radius 1 is 1.30 bits per heavy atom. The minimum Gasteiger partial charge on any atom is -0.480 e. The number of ether oxygens (including phenoxy) is 1. The molecule has 0 radical (unpaired) electrons. The highest BCUT2D eigenvalue weighted by Gasteiger charge is 2.32. The zero-order chi connectivity index (χ0) is 16.4. The fourth-order valence-electron chi connectivity index (χ4n) is 3.08. The van der Waals surface area contributed by atoms with Crippen LogP contribution in [0.25, 0.3) is 0 Å². The number of nitrogens with zero attached hydrogens (tertiary/aromatic N) is 1. The molecule has 0 aromatic heterocycles. The topological polar surface area (TPSA) is 75.7 Å². The Balaban J connectivity index is 1.51. The second-order valence-corrected chi connectivity index (χ2v) is 8.26. The van der Waals surface area contributed by atoms with E-state index in [4.69, 9.17) is 4.74 Å². The zero-order valence-corrected chi connectivity index (χ0v) is 14.0. The molecule has 23 heavy (non-hydrogen) atoms. The van der Waals surface area contributed by atoms with Crippen LogP contribution in [0.2, 0.25) is 0 Å². The standard InChI is InChI=1S/C16H22N2O4S/c1-2-23(20,21)18-9-7-13(8-10-18)17-16(19)15-11-12-5-3-4-6-14(12)22-15/h3-6,13,15H,2,7-11H2,1H3,(H,17,19)/t15-/m0/s1.